The molecule has 96 valence electrons. The molecule has 2 heteroatoms. The summed E-state index contributed by atoms with van der Waals surface area (Å²) in [6.07, 6.45) is 1.39. The normalized spacial score (nSPS) is 12.8. The lowest BCUT2D eigenvalue weighted by molar-refractivity contribution is 0.173. The molecular formula is C15H24O2. The summed E-state index contributed by atoms with van der Waals surface area (Å²) in [6.45, 7) is 9.13. The molecule has 1 N–H and O–H groups in total. The molecule has 0 unspecified atom stereocenters. The van der Waals surface area contributed by atoms with Gasteiger partial charge in [0, 0.05) is 0 Å². The van der Waals surface area contributed by atoms with Gasteiger partial charge < -0.3 is 9.84 Å². The van der Waals surface area contributed by atoms with Crippen LogP contribution in [-0.2, 0) is 0 Å². The van der Waals surface area contributed by atoms with Crippen molar-refractivity contribution in [3.05, 3.63) is 29.3 Å². The zero-order chi connectivity index (χ0) is 12.8. The molecule has 1 rings (SSSR count). The van der Waals surface area contributed by atoms with Crippen LogP contribution >= 0.6 is 0 Å². The van der Waals surface area contributed by atoms with Crippen molar-refractivity contribution in [3.63, 3.8) is 0 Å². The van der Waals surface area contributed by atoms with E-state index in [0.717, 1.165) is 30.8 Å². The van der Waals surface area contributed by atoms with Crippen LogP contribution in [0.1, 0.15) is 63.7 Å². The lowest BCUT2D eigenvalue weighted by atomic mass is 9.97. The second-order valence-electron chi connectivity index (χ2n) is 4.72. The topological polar surface area (TPSA) is 29.5 Å². The summed E-state index contributed by atoms with van der Waals surface area (Å²) in [7, 11) is 0. The minimum Gasteiger partial charge on any atom is -0.493 e. The van der Waals surface area contributed by atoms with Crippen LogP contribution in [0.15, 0.2) is 18.2 Å². The molecule has 0 aromatic heterocycles. The van der Waals surface area contributed by atoms with Gasteiger partial charge in [0.05, 0.1) is 12.7 Å². The Hall–Kier alpha value is -1.02. The summed E-state index contributed by atoms with van der Waals surface area (Å²) in [6, 6.07) is 6.02. The van der Waals surface area contributed by atoms with Crippen LogP contribution in [0.4, 0.5) is 0 Å². The van der Waals surface area contributed by atoms with Crippen molar-refractivity contribution in [1.29, 1.82) is 0 Å². The molecular weight excluding hydrogens is 212 g/mol. The smallest absolute Gasteiger partial charge is 0.122 e. The maximum atomic E-state index is 9.86. The fourth-order valence-electron chi connectivity index (χ4n) is 1.80. The van der Waals surface area contributed by atoms with Gasteiger partial charge in [0.15, 0.2) is 0 Å². The van der Waals surface area contributed by atoms with E-state index in [4.69, 9.17) is 4.74 Å². The third-order valence-electron chi connectivity index (χ3n) is 2.89. The number of aliphatic hydroxyl groups is 1. The van der Waals surface area contributed by atoms with Gasteiger partial charge in [-0.05, 0) is 42.0 Å². The minimum atomic E-state index is -0.368. The monoisotopic (exact) mass is 236 g/mol. The van der Waals surface area contributed by atoms with Gasteiger partial charge in [-0.3, -0.25) is 0 Å². The highest BCUT2D eigenvalue weighted by Crippen LogP contribution is 2.30. The quantitative estimate of drug-likeness (QED) is 0.807. The maximum Gasteiger partial charge on any atom is 0.122 e. The van der Waals surface area contributed by atoms with Crippen LogP contribution in [0.2, 0.25) is 0 Å². The molecule has 0 heterocycles. The number of aliphatic hydroxyl groups excluding tert-OH is 1. The lowest BCUT2D eigenvalue weighted by Crippen LogP contribution is -2.03. The third kappa shape index (κ3) is 3.74. The Morgan fingerprint density at radius 3 is 2.47 bits per heavy atom. The Morgan fingerprint density at radius 1 is 1.24 bits per heavy atom. The van der Waals surface area contributed by atoms with Crippen molar-refractivity contribution >= 4 is 0 Å². The van der Waals surface area contributed by atoms with Crippen LogP contribution in [0.3, 0.4) is 0 Å². The van der Waals surface area contributed by atoms with E-state index in [2.05, 4.69) is 26.8 Å². The van der Waals surface area contributed by atoms with Gasteiger partial charge in [0.25, 0.3) is 0 Å². The van der Waals surface area contributed by atoms with Crippen LogP contribution in [0.25, 0.3) is 0 Å². The average Bonchev–Trinajstić information content (AvgIpc) is 2.35. The molecule has 1 atom stereocenters. The Morgan fingerprint density at radius 2 is 1.94 bits per heavy atom. The number of rotatable bonds is 6. The van der Waals surface area contributed by atoms with E-state index in [1.54, 1.807) is 0 Å². The molecule has 0 spiro atoms. The minimum absolute atomic E-state index is 0.368. The maximum absolute atomic E-state index is 9.86. The summed E-state index contributed by atoms with van der Waals surface area (Å²) in [4.78, 5) is 0. The van der Waals surface area contributed by atoms with Crippen molar-refractivity contribution in [3.8, 4) is 5.75 Å². The van der Waals surface area contributed by atoms with Gasteiger partial charge in [0.2, 0.25) is 0 Å². The van der Waals surface area contributed by atoms with E-state index >= 15 is 0 Å². The van der Waals surface area contributed by atoms with E-state index in [-0.39, 0.29) is 6.10 Å². The molecule has 0 saturated heterocycles. The second-order valence-corrected chi connectivity index (χ2v) is 4.72. The van der Waals surface area contributed by atoms with Gasteiger partial charge in [-0.15, -0.1) is 0 Å². The predicted octanol–water partition coefficient (Wildman–Crippen LogP) is 4.04. The van der Waals surface area contributed by atoms with Gasteiger partial charge in [-0.1, -0.05) is 33.8 Å². The van der Waals surface area contributed by atoms with Crippen molar-refractivity contribution in [2.45, 2.75) is 52.6 Å². The Bertz CT molecular complexity index is 345. The standard InChI is InChI=1S/C15H24O2/c1-5-9-17-15-8-7-12(14(16)6-2)10-13(15)11(3)4/h7-8,10-11,14,16H,5-6,9H2,1-4H3/t14-/m1/s1. The van der Waals surface area contributed by atoms with Crippen LogP contribution in [-0.4, -0.2) is 11.7 Å². The summed E-state index contributed by atoms with van der Waals surface area (Å²) in [5, 5.41) is 9.86. The average molecular weight is 236 g/mol. The zero-order valence-electron chi connectivity index (χ0n) is 11.4. The lowest BCUT2D eigenvalue weighted by Gasteiger charge is -2.17. The van der Waals surface area contributed by atoms with Crippen LogP contribution < -0.4 is 4.74 Å². The first-order valence-electron chi connectivity index (χ1n) is 6.54. The van der Waals surface area contributed by atoms with Crippen LogP contribution in [0, 0.1) is 0 Å². The third-order valence-corrected chi connectivity index (χ3v) is 2.89. The van der Waals surface area contributed by atoms with E-state index < -0.39 is 0 Å². The first-order valence-corrected chi connectivity index (χ1v) is 6.54. The van der Waals surface area contributed by atoms with Crippen molar-refractivity contribution in [2.75, 3.05) is 6.61 Å². The molecule has 17 heavy (non-hydrogen) atoms. The summed E-state index contributed by atoms with van der Waals surface area (Å²) >= 11 is 0. The number of hydrogen-bond donors (Lipinski definition) is 1. The highest BCUT2D eigenvalue weighted by Gasteiger charge is 2.12. The van der Waals surface area contributed by atoms with Crippen molar-refractivity contribution < 1.29 is 9.84 Å². The van der Waals surface area contributed by atoms with E-state index in [1.165, 1.54) is 5.56 Å². The molecule has 0 radical (unpaired) electrons. The van der Waals surface area contributed by atoms with Crippen molar-refractivity contribution in [2.24, 2.45) is 0 Å². The fraction of sp³-hybridized carbons (Fsp3) is 0.600. The number of ether oxygens (including phenoxy) is 1. The molecule has 0 amide bonds. The molecule has 2 nitrogen and oxygen atoms in total. The Kier molecular flexibility index (Phi) is 5.49. The molecule has 0 saturated carbocycles. The highest BCUT2D eigenvalue weighted by molar-refractivity contribution is 5.40. The molecule has 1 aromatic carbocycles. The highest BCUT2D eigenvalue weighted by atomic mass is 16.5. The Labute approximate surface area is 105 Å². The SMILES string of the molecule is CCCOc1ccc([C@H](O)CC)cc1C(C)C. The fourth-order valence-corrected chi connectivity index (χ4v) is 1.80. The zero-order valence-corrected chi connectivity index (χ0v) is 11.4. The molecule has 0 aliphatic rings. The largest absolute Gasteiger partial charge is 0.493 e. The van der Waals surface area contributed by atoms with Gasteiger partial charge in [0.1, 0.15) is 5.75 Å². The first-order chi connectivity index (χ1) is 8.10. The molecule has 0 fully saturated rings. The van der Waals surface area contributed by atoms with Gasteiger partial charge >= 0.3 is 0 Å². The van der Waals surface area contributed by atoms with E-state index in [1.807, 2.05) is 19.1 Å². The first kappa shape index (κ1) is 14.0. The second kappa shape index (κ2) is 6.65. The predicted molar refractivity (Wildman–Crippen MR) is 71.6 cm³/mol. The van der Waals surface area contributed by atoms with E-state index in [9.17, 15) is 5.11 Å². The molecule has 0 aliphatic heterocycles. The summed E-state index contributed by atoms with van der Waals surface area (Å²) in [5.41, 5.74) is 2.17. The van der Waals surface area contributed by atoms with E-state index in [0.29, 0.717) is 5.92 Å². The summed E-state index contributed by atoms with van der Waals surface area (Å²) < 4.78 is 5.73. The van der Waals surface area contributed by atoms with Gasteiger partial charge in [-0.25, -0.2) is 0 Å². The van der Waals surface area contributed by atoms with Crippen molar-refractivity contribution in [1.82, 2.24) is 0 Å². The molecule has 1 aromatic rings. The number of hydrogen-bond acceptors (Lipinski definition) is 2. The molecule has 0 aliphatic carbocycles. The number of benzene rings is 1. The summed E-state index contributed by atoms with van der Waals surface area (Å²) in [5.74, 6) is 1.36. The Balaban J connectivity index is 2.99. The van der Waals surface area contributed by atoms with Crippen LogP contribution in [0.5, 0.6) is 5.75 Å². The molecule has 0 bridgehead atoms. The van der Waals surface area contributed by atoms with Gasteiger partial charge in [-0.2, -0.15) is 0 Å².